The number of benzene rings is 1. The maximum Gasteiger partial charge on any atom is 0.407 e. The normalized spacial score (nSPS) is 23.7. The predicted octanol–water partition coefficient (Wildman–Crippen LogP) is 4.62. The van der Waals surface area contributed by atoms with Crippen LogP contribution in [0.1, 0.15) is 35.3 Å². The SMILES string of the molecule is O=C1N[C@@]2(CO1)CC1=C(c3ccn(C(F)F)n3)[C@H](c3ccc(F)cc3Cl)N=C(c3nccs3)N1C2. The van der Waals surface area contributed by atoms with Gasteiger partial charge in [-0.1, -0.05) is 17.7 Å². The van der Waals surface area contributed by atoms with Crippen molar-refractivity contribution < 1.29 is 22.7 Å². The minimum atomic E-state index is -2.83. The fourth-order valence-electron chi connectivity index (χ4n) is 4.73. The number of carbonyl (C=O) groups excluding carboxylic acids is 1. The molecule has 180 valence electrons. The Labute approximate surface area is 205 Å². The van der Waals surface area contributed by atoms with E-state index >= 15 is 0 Å². The molecule has 8 nitrogen and oxygen atoms in total. The Morgan fingerprint density at radius 2 is 2.17 bits per heavy atom. The quantitative estimate of drug-likeness (QED) is 0.542. The third-order valence-corrected chi connectivity index (χ3v) is 7.29. The fraction of sp³-hybridized carbons (Fsp3) is 0.273. The molecule has 2 fully saturated rings. The molecular weight excluding hydrogens is 505 g/mol. The van der Waals surface area contributed by atoms with Gasteiger partial charge in [0.1, 0.15) is 24.0 Å². The molecule has 0 bridgehead atoms. The number of hydrogen-bond donors (Lipinski definition) is 1. The van der Waals surface area contributed by atoms with Crippen LogP contribution in [0.2, 0.25) is 5.02 Å². The molecule has 1 N–H and O–H groups in total. The van der Waals surface area contributed by atoms with Gasteiger partial charge in [0.15, 0.2) is 10.8 Å². The number of alkyl halides is 2. The lowest BCUT2D eigenvalue weighted by Crippen LogP contribution is -2.46. The van der Waals surface area contributed by atoms with E-state index in [2.05, 4.69) is 15.4 Å². The summed E-state index contributed by atoms with van der Waals surface area (Å²) in [5.41, 5.74) is 1.29. The van der Waals surface area contributed by atoms with Crippen LogP contribution in [0.5, 0.6) is 0 Å². The standard InChI is InChI=1S/C22H16ClF3N6O2S/c23-13-7-11(24)1-2-12(13)17-16(14-3-5-32(30-14)20(25)26)15-8-22(10-34-21(33)29-22)9-31(15)18(28-17)19-27-4-6-35-19/h1-7,17,20H,8-10H2,(H,29,33)/t17-,22-/m0/s1. The largest absolute Gasteiger partial charge is 0.447 e. The lowest BCUT2D eigenvalue weighted by Gasteiger charge is -2.32. The first-order valence-corrected chi connectivity index (χ1v) is 11.8. The first-order chi connectivity index (χ1) is 16.8. The molecule has 0 aliphatic carbocycles. The van der Waals surface area contributed by atoms with Gasteiger partial charge >= 0.3 is 12.6 Å². The van der Waals surface area contributed by atoms with Gasteiger partial charge in [0.25, 0.3) is 0 Å². The molecule has 13 heteroatoms. The molecule has 1 amide bonds. The van der Waals surface area contributed by atoms with Gasteiger partial charge in [0.2, 0.25) is 0 Å². The second-order valence-electron chi connectivity index (χ2n) is 8.42. The molecule has 3 aliphatic rings. The Morgan fingerprint density at radius 3 is 2.83 bits per heavy atom. The summed E-state index contributed by atoms with van der Waals surface area (Å²) < 4.78 is 46.4. The van der Waals surface area contributed by atoms with Crippen molar-refractivity contribution in [2.75, 3.05) is 13.2 Å². The number of nitrogens with zero attached hydrogens (tertiary/aromatic N) is 5. The zero-order valence-corrected chi connectivity index (χ0v) is 19.4. The van der Waals surface area contributed by atoms with Gasteiger partial charge in [0, 0.05) is 46.1 Å². The summed E-state index contributed by atoms with van der Waals surface area (Å²) in [6.45, 7) is -2.35. The van der Waals surface area contributed by atoms with Crippen molar-refractivity contribution in [2.24, 2.45) is 4.99 Å². The van der Waals surface area contributed by atoms with E-state index in [1.54, 1.807) is 6.20 Å². The third kappa shape index (κ3) is 3.67. The highest BCUT2D eigenvalue weighted by atomic mass is 35.5. The highest BCUT2D eigenvalue weighted by Crippen LogP contribution is 2.48. The molecule has 3 aromatic rings. The van der Waals surface area contributed by atoms with Gasteiger partial charge in [-0.2, -0.15) is 13.9 Å². The van der Waals surface area contributed by atoms with Crippen molar-refractivity contribution in [3.63, 3.8) is 0 Å². The zero-order chi connectivity index (χ0) is 24.3. The van der Waals surface area contributed by atoms with E-state index in [1.165, 1.54) is 41.8 Å². The molecule has 0 saturated carbocycles. The number of ether oxygens (including phenoxy) is 1. The van der Waals surface area contributed by atoms with E-state index < -0.39 is 30.0 Å². The van der Waals surface area contributed by atoms with Crippen LogP contribution in [0.25, 0.3) is 5.57 Å². The molecule has 2 aromatic heterocycles. The van der Waals surface area contributed by atoms with E-state index in [-0.39, 0.29) is 17.3 Å². The molecule has 1 spiro atoms. The molecule has 1 aromatic carbocycles. The van der Waals surface area contributed by atoms with Crippen LogP contribution in [-0.4, -0.2) is 50.3 Å². The lowest BCUT2D eigenvalue weighted by atomic mass is 9.90. The summed E-state index contributed by atoms with van der Waals surface area (Å²) >= 11 is 7.83. The van der Waals surface area contributed by atoms with Crippen LogP contribution in [0.4, 0.5) is 18.0 Å². The van der Waals surface area contributed by atoms with E-state index in [4.69, 9.17) is 21.3 Å². The van der Waals surface area contributed by atoms with Gasteiger partial charge in [-0.05, 0) is 18.2 Å². The highest BCUT2D eigenvalue weighted by Gasteiger charge is 2.52. The number of amidine groups is 1. The third-order valence-electron chi connectivity index (χ3n) is 6.20. The average Bonchev–Trinajstić information content (AvgIpc) is 3.60. The Bertz CT molecular complexity index is 1390. The van der Waals surface area contributed by atoms with Crippen LogP contribution in [0.15, 0.2) is 52.7 Å². The maximum atomic E-state index is 13.9. The minimum Gasteiger partial charge on any atom is -0.447 e. The average molecular weight is 521 g/mol. The zero-order valence-electron chi connectivity index (χ0n) is 17.8. The monoisotopic (exact) mass is 520 g/mol. The van der Waals surface area contributed by atoms with Crippen LogP contribution in [0.3, 0.4) is 0 Å². The van der Waals surface area contributed by atoms with Crippen molar-refractivity contribution in [1.29, 1.82) is 0 Å². The first kappa shape index (κ1) is 22.1. The topological polar surface area (TPSA) is 84.6 Å². The van der Waals surface area contributed by atoms with Crippen LogP contribution >= 0.6 is 22.9 Å². The van der Waals surface area contributed by atoms with Crippen LogP contribution < -0.4 is 5.32 Å². The number of fused-ring (bicyclic) bond motifs is 1. The van der Waals surface area contributed by atoms with Crippen molar-refractivity contribution in [2.45, 2.75) is 24.6 Å². The van der Waals surface area contributed by atoms with Gasteiger partial charge in [-0.25, -0.2) is 18.9 Å². The van der Waals surface area contributed by atoms with Crippen molar-refractivity contribution in [3.05, 3.63) is 74.8 Å². The van der Waals surface area contributed by atoms with Gasteiger partial charge < -0.3 is 15.0 Å². The lowest BCUT2D eigenvalue weighted by molar-refractivity contribution is 0.0564. The highest BCUT2D eigenvalue weighted by molar-refractivity contribution is 7.11. The molecule has 35 heavy (non-hydrogen) atoms. The Balaban J connectivity index is 1.58. The van der Waals surface area contributed by atoms with E-state index in [0.29, 0.717) is 39.6 Å². The molecule has 0 radical (unpaired) electrons. The van der Waals surface area contributed by atoms with E-state index in [9.17, 15) is 18.0 Å². The first-order valence-electron chi connectivity index (χ1n) is 10.6. The predicted molar refractivity (Wildman–Crippen MR) is 122 cm³/mol. The Hall–Kier alpha value is -3.38. The Kier molecular flexibility index (Phi) is 5.11. The number of thiazole rings is 1. The molecule has 0 unspecified atom stereocenters. The molecule has 5 heterocycles. The Morgan fingerprint density at radius 1 is 1.31 bits per heavy atom. The number of aromatic nitrogens is 3. The number of nitrogens with one attached hydrogen (secondary N) is 1. The number of alkyl carbamates (subject to hydrolysis) is 1. The van der Waals surface area contributed by atoms with Gasteiger partial charge in [-0.15, -0.1) is 11.3 Å². The number of amides is 1. The fourth-order valence-corrected chi connectivity index (χ4v) is 5.64. The second-order valence-corrected chi connectivity index (χ2v) is 9.72. The van der Waals surface area contributed by atoms with Crippen molar-refractivity contribution in [3.8, 4) is 0 Å². The summed E-state index contributed by atoms with van der Waals surface area (Å²) in [6, 6.07) is 4.69. The number of carbonyl (C=O) groups is 1. The summed E-state index contributed by atoms with van der Waals surface area (Å²) in [7, 11) is 0. The van der Waals surface area contributed by atoms with Crippen LogP contribution in [-0.2, 0) is 4.74 Å². The summed E-state index contributed by atoms with van der Waals surface area (Å²) in [5, 5.41) is 9.57. The summed E-state index contributed by atoms with van der Waals surface area (Å²) in [6.07, 6.45) is 2.65. The van der Waals surface area contributed by atoms with E-state index in [0.717, 1.165) is 5.70 Å². The summed E-state index contributed by atoms with van der Waals surface area (Å²) in [4.78, 5) is 23.2. The molecule has 2 atom stereocenters. The number of aliphatic imine (C=N–C) groups is 1. The summed E-state index contributed by atoms with van der Waals surface area (Å²) in [5.74, 6) is 0.0255. The van der Waals surface area contributed by atoms with Gasteiger partial charge in [-0.3, -0.25) is 4.99 Å². The molecular formula is C22H16ClF3N6O2S. The molecule has 2 saturated heterocycles. The number of cyclic esters (lactones) is 1. The minimum absolute atomic E-state index is 0.137. The number of rotatable bonds is 4. The maximum absolute atomic E-state index is 13.9. The van der Waals surface area contributed by atoms with Crippen molar-refractivity contribution in [1.82, 2.24) is 25.0 Å². The van der Waals surface area contributed by atoms with Crippen molar-refractivity contribution >= 4 is 40.4 Å². The van der Waals surface area contributed by atoms with E-state index in [1.807, 2.05) is 10.3 Å². The number of hydrogen-bond acceptors (Lipinski definition) is 7. The van der Waals surface area contributed by atoms with Crippen LogP contribution in [0, 0.1) is 5.82 Å². The number of halogens is 4. The van der Waals surface area contributed by atoms with Gasteiger partial charge in [0.05, 0.1) is 12.2 Å². The smallest absolute Gasteiger partial charge is 0.407 e. The molecule has 3 aliphatic heterocycles. The second kappa shape index (κ2) is 8.09. The molecule has 6 rings (SSSR count).